The van der Waals surface area contributed by atoms with Crippen molar-refractivity contribution in [2.45, 2.75) is 25.8 Å². The zero-order valence-corrected chi connectivity index (χ0v) is 8.83. The van der Waals surface area contributed by atoms with Gasteiger partial charge in [0.15, 0.2) is 0 Å². The van der Waals surface area contributed by atoms with Gasteiger partial charge in [-0.3, -0.25) is 0 Å². The maximum absolute atomic E-state index is 5.33. The maximum Gasteiger partial charge on any atom is 0.0481 e. The van der Waals surface area contributed by atoms with Crippen molar-refractivity contribution in [3.8, 4) is 0 Å². The lowest BCUT2D eigenvalue weighted by Gasteiger charge is -2.13. The van der Waals surface area contributed by atoms with Gasteiger partial charge in [0.05, 0.1) is 0 Å². The summed E-state index contributed by atoms with van der Waals surface area (Å²) >= 11 is 0. The number of ether oxygens (including phenoxy) is 1. The second-order valence-corrected chi connectivity index (χ2v) is 3.64. The fourth-order valence-electron chi connectivity index (χ4n) is 1.58. The van der Waals surface area contributed by atoms with Gasteiger partial charge in [0.1, 0.15) is 0 Å². The summed E-state index contributed by atoms with van der Waals surface area (Å²) in [5.74, 6) is 0. The predicted molar refractivity (Wildman–Crippen MR) is 54.0 cm³/mol. The van der Waals surface area contributed by atoms with Crippen LogP contribution < -0.4 is 5.32 Å². The van der Waals surface area contributed by atoms with Crippen LogP contribution in [0.1, 0.15) is 19.8 Å². The largest absolute Gasteiger partial charge is 0.382 e. The van der Waals surface area contributed by atoms with E-state index in [2.05, 4.69) is 17.3 Å². The Balaban J connectivity index is 2.11. The highest BCUT2D eigenvalue weighted by atomic mass is 16.5. The first-order valence-corrected chi connectivity index (χ1v) is 5.26. The molecule has 0 amide bonds. The standard InChI is InChI=1S/C10H21N2O/c1-3-13-9-5-10-4-7-12(2)8-6-11-10/h10H,3-9H2,1-2H3. The van der Waals surface area contributed by atoms with Crippen LogP contribution in [0.3, 0.4) is 0 Å². The molecule has 0 aromatic rings. The average Bonchev–Trinajstić information content (AvgIpc) is 2.32. The molecule has 3 heteroatoms. The van der Waals surface area contributed by atoms with E-state index in [4.69, 9.17) is 4.74 Å². The van der Waals surface area contributed by atoms with Gasteiger partial charge in [-0.2, -0.15) is 0 Å². The first kappa shape index (κ1) is 11.0. The molecule has 1 saturated heterocycles. The van der Waals surface area contributed by atoms with E-state index >= 15 is 0 Å². The zero-order chi connectivity index (χ0) is 9.52. The molecule has 13 heavy (non-hydrogen) atoms. The summed E-state index contributed by atoms with van der Waals surface area (Å²) in [6.07, 6.45) is 2.30. The van der Waals surface area contributed by atoms with Crippen LogP contribution >= 0.6 is 0 Å². The Bertz CT molecular complexity index is 130. The molecule has 0 N–H and O–H groups in total. The third kappa shape index (κ3) is 4.60. The van der Waals surface area contributed by atoms with E-state index in [0.717, 1.165) is 32.7 Å². The van der Waals surface area contributed by atoms with Gasteiger partial charge in [-0.25, -0.2) is 5.32 Å². The molecule has 1 aliphatic heterocycles. The van der Waals surface area contributed by atoms with Crippen LogP contribution in [0.2, 0.25) is 0 Å². The molecule has 0 aliphatic carbocycles. The Morgan fingerprint density at radius 1 is 1.46 bits per heavy atom. The van der Waals surface area contributed by atoms with Crippen molar-refractivity contribution < 1.29 is 4.74 Å². The molecular weight excluding hydrogens is 164 g/mol. The van der Waals surface area contributed by atoms with Gasteiger partial charge in [0.25, 0.3) is 0 Å². The summed E-state index contributed by atoms with van der Waals surface area (Å²) < 4.78 is 5.33. The Kier molecular flexibility index (Phi) is 5.35. The molecule has 3 nitrogen and oxygen atoms in total. The van der Waals surface area contributed by atoms with Crippen molar-refractivity contribution in [1.82, 2.24) is 10.2 Å². The summed E-state index contributed by atoms with van der Waals surface area (Å²) in [5, 5.41) is 4.62. The zero-order valence-electron chi connectivity index (χ0n) is 8.83. The van der Waals surface area contributed by atoms with Crippen LogP contribution in [0.15, 0.2) is 0 Å². The minimum Gasteiger partial charge on any atom is -0.382 e. The number of hydrogen-bond donors (Lipinski definition) is 0. The molecule has 1 radical (unpaired) electrons. The van der Waals surface area contributed by atoms with E-state index < -0.39 is 0 Å². The average molecular weight is 185 g/mol. The van der Waals surface area contributed by atoms with Gasteiger partial charge < -0.3 is 9.64 Å². The third-order valence-electron chi connectivity index (χ3n) is 2.51. The lowest BCUT2D eigenvalue weighted by Crippen LogP contribution is -2.24. The first-order chi connectivity index (χ1) is 6.33. The summed E-state index contributed by atoms with van der Waals surface area (Å²) in [6, 6.07) is 0.538. The van der Waals surface area contributed by atoms with E-state index in [-0.39, 0.29) is 0 Å². The predicted octanol–water partition coefficient (Wildman–Crippen LogP) is 0.722. The smallest absolute Gasteiger partial charge is 0.0481 e. The van der Waals surface area contributed by atoms with Crippen LogP contribution in [0.4, 0.5) is 0 Å². The number of hydrogen-bond acceptors (Lipinski definition) is 2. The molecule has 0 aromatic heterocycles. The summed E-state index contributed by atoms with van der Waals surface area (Å²) in [5.41, 5.74) is 0. The van der Waals surface area contributed by atoms with E-state index in [1.807, 2.05) is 6.92 Å². The minimum atomic E-state index is 0.538. The van der Waals surface area contributed by atoms with Gasteiger partial charge in [0, 0.05) is 32.3 Å². The highest BCUT2D eigenvalue weighted by molar-refractivity contribution is 4.72. The molecule has 0 aromatic carbocycles. The fourth-order valence-corrected chi connectivity index (χ4v) is 1.58. The summed E-state index contributed by atoms with van der Waals surface area (Å²) in [4.78, 5) is 2.35. The molecule has 1 aliphatic rings. The topological polar surface area (TPSA) is 26.6 Å². The number of likely N-dealkylation sites (N-methyl/N-ethyl adjacent to an activating group) is 1. The molecule has 1 heterocycles. The molecule has 77 valence electrons. The van der Waals surface area contributed by atoms with Gasteiger partial charge in [-0.05, 0) is 33.4 Å². The Morgan fingerprint density at radius 2 is 2.31 bits per heavy atom. The van der Waals surface area contributed by atoms with Crippen molar-refractivity contribution in [1.29, 1.82) is 0 Å². The first-order valence-electron chi connectivity index (χ1n) is 5.26. The summed E-state index contributed by atoms with van der Waals surface area (Å²) in [6.45, 7) is 7.03. The monoisotopic (exact) mass is 185 g/mol. The number of nitrogens with zero attached hydrogens (tertiary/aromatic N) is 2. The molecule has 0 bridgehead atoms. The lowest BCUT2D eigenvalue weighted by molar-refractivity contribution is 0.135. The molecule has 0 spiro atoms. The SMILES string of the molecule is CCOCCC1CCN(C)CC[N]1. The third-order valence-corrected chi connectivity index (χ3v) is 2.51. The van der Waals surface area contributed by atoms with E-state index in [1.54, 1.807) is 0 Å². The molecular formula is C10H21N2O. The van der Waals surface area contributed by atoms with E-state index in [1.165, 1.54) is 13.0 Å². The number of rotatable bonds is 4. The normalized spacial score (nSPS) is 25.8. The van der Waals surface area contributed by atoms with Crippen molar-refractivity contribution in [2.75, 3.05) is 39.9 Å². The second kappa shape index (κ2) is 6.35. The molecule has 1 fully saturated rings. The molecule has 1 atom stereocenters. The van der Waals surface area contributed by atoms with Crippen LogP contribution in [0.25, 0.3) is 0 Å². The van der Waals surface area contributed by atoms with E-state index in [0.29, 0.717) is 6.04 Å². The summed E-state index contributed by atoms with van der Waals surface area (Å²) in [7, 11) is 2.17. The van der Waals surface area contributed by atoms with Gasteiger partial charge in [0.2, 0.25) is 0 Å². The molecule has 1 rings (SSSR count). The van der Waals surface area contributed by atoms with Gasteiger partial charge in [-0.15, -0.1) is 0 Å². The van der Waals surface area contributed by atoms with Gasteiger partial charge in [-0.1, -0.05) is 0 Å². The van der Waals surface area contributed by atoms with Crippen molar-refractivity contribution >= 4 is 0 Å². The second-order valence-electron chi connectivity index (χ2n) is 3.64. The van der Waals surface area contributed by atoms with Gasteiger partial charge >= 0.3 is 0 Å². The molecule has 0 saturated carbocycles. The van der Waals surface area contributed by atoms with Crippen LogP contribution in [-0.2, 0) is 4.74 Å². The minimum absolute atomic E-state index is 0.538. The van der Waals surface area contributed by atoms with Crippen molar-refractivity contribution in [3.63, 3.8) is 0 Å². The molecule has 1 unspecified atom stereocenters. The Morgan fingerprint density at radius 3 is 3.08 bits per heavy atom. The van der Waals surface area contributed by atoms with Crippen LogP contribution in [-0.4, -0.2) is 50.8 Å². The van der Waals surface area contributed by atoms with Crippen LogP contribution in [0.5, 0.6) is 0 Å². The highest BCUT2D eigenvalue weighted by Crippen LogP contribution is 2.05. The lowest BCUT2D eigenvalue weighted by atomic mass is 10.1. The van der Waals surface area contributed by atoms with Crippen LogP contribution in [0, 0.1) is 0 Å². The Hall–Kier alpha value is -0.120. The van der Waals surface area contributed by atoms with E-state index in [9.17, 15) is 0 Å². The fraction of sp³-hybridized carbons (Fsp3) is 1.00. The van der Waals surface area contributed by atoms with Crippen molar-refractivity contribution in [3.05, 3.63) is 0 Å². The quantitative estimate of drug-likeness (QED) is 0.603. The Labute approximate surface area is 81.4 Å². The van der Waals surface area contributed by atoms with Crippen molar-refractivity contribution in [2.24, 2.45) is 0 Å². The highest BCUT2D eigenvalue weighted by Gasteiger charge is 2.14. The maximum atomic E-state index is 5.33.